The average Bonchev–Trinajstić information content (AvgIpc) is 2.99. The molecule has 1 fully saturated rings. The Labute approximate surface area is 124 Å². The second-order valence-electron chi connectivity index (χ2n) is 5.56. The van der Waals surface area contributed by atoms with Gasteiger partial charge in [0.05, 0.1) is 12.7 Å². The lowest BCUT2D eigenvalue weighted by molar-refractivity contribution is 0.376. The maximum absolute atomic E-state index is 6.14. The smallest absolute Gasteiger partial charge is 0.245 e. The van der Waals surface area contributed by atoms with Crippen molar-refractivity contribution in [2.45, 2.75) is 19.4 Å². The number of hydrogen-bond acceptors (Lipinski definition) is 5. The van der Waals surface area contributed by atoms with Crippen LogP contribution >= 0.6 is 0 Å². The first-order chi connectivity index (χ1) is 10.2. The molecule has 0 aliphatic carbocycles. The molecule has 1 aromatic heterocycles. The SMILES string of the molecule is COc1ccccc1-c1nc(N2CCC(C)C(N)C2)n[nH]1. The molecule has 3 N–H and O–H groups in total. The fourth-order valence-electron chi connectivity index (χ4n) is 2.64. The van der Waals surface area contributed by atoms with E-state index in [1.54, 1.807) is 7.11 Å². The van der Waals surface area contributed by atoms with Crippen molar-refractivity contribution >= 4 is 5.95 Å². The number of ether oxygens (including phenoxy) is 1. The highest BCUT2D eigenvalue weighted by Crippen LogP contribution is 2.28. The number of rotatable bonds is 3. The number of nitrogens with one attached hydrogen (secondary N) is 1. The molecule has 1 saturated heterocycles. The van der Waals surface area contributed by atoms with Gasteiger partial charge in [-0.25, -0.2) is 0 Å². The Balaban J connectivity index is 1.83. The third-order valence-corrected chi connectivity index (χ3v) is 4.14. The van der Waals surface area contributed by atoms with E-state index in [9.17, 15) is 0 Å². The van der Waals surface area contributed by atoms with Crippen LogP contribution in [0.3, 0.4) is 0 Å². The van der Waals surface area contributed by atoms with Crippen molar-refractivity contribution in [2.24, 2.45) is 11.7 Å². The number of aromatic amines is 1. The van der Waals surface area contributed by atoms with Gasteiger partial charge < -0.3 is 15.4 Å². The quantitative estimate of drug-likeness (QED) is 0.897. The first kappa shape index (κ1) is 13.9. The zero-order chi connectivity index (χ0) is 14.8. The molecule has 21 heavy (non-hydrogen) atoms. The fourth-order valence-corrected chi connectivity index (χ4v) is 2.64. The normalized spacial score (nSPS) is 22.3. The predicted octanol–water partition coefficient (Wildman–Crippen LogP) is 1.65. The molecule has 0 saturated carbocycles. The number of piperidine rings is 1. The van der Waals surface area contributed by atoms with Gasteiger partial charge in [0.2, 0.25) is 5.95 Å². The van der Waals surface area contributed by atoms with Crippen LogP contribution < -0.4 is 15.4 Å². The molecular formula is C15H21N5O. The van der Waals surface area contributed by atoms with E-state index in [0.717, 1.165) is 36.6 Å². The van der Waals surface area contributed by atoms with Gasteiger partial charge >= 0.3 is 0 Å². The maximum atomic E-state index is 6.14. The summed E-state index contributed by atoms with van der Waals surface area (Å²) in [7, 11) is 1.65. The van der Waals surface area contributed by atoms with Crippen molar-refractivity contribution in [3.8, 4) is 17.1 Å². The molecule has 1 aliphatic rings. The van der Waals surface area contributed by atoms with Crippen molar-refractivity contribution in [1.29, 1.82) is 0 Å². The number of methoxy groups -OCH3 is 1. The van der Waals surface area contributed by atoms with E-state index < -0.39 is 0 Å². The summed E-state index contributed by atoms with van der Waals surface area (Å²) in [5, 5.41) is 7.33. The summed E-state index contributed by atoms with van der Waals surface area (Å²) in [6.07, 6.45) is 1.07. The largest absolute Gasteiger partial charge is 0.496 e. The van der Waals surface area contributed by atoms with Gasteiger partial charge in [0, 0.05) is 19.1 Å². The summed E-state index contributed by atoms with van der Waals surface area (Å²) >= 11 is 0. The second-order valence-corrected chi connectivity index (χ2v) is 5.56. The minimum atomic E-state index is 0.173. The molecule has 0 radical (unpaired) electrons. The first-order valence-electron chi connectivity index (χ1n) is 7.25. The molecule has 0 amide bonds. The number of H-pyrrole nitrogens is 1. The fraction of sp³-hybridized carbons (Fsp3) is 0.467. The van der Waals surface area contributed by atoms with Crippen molar-refractivity contribution < 1.29 is 4.74 Å². The molecule has 2 aromatic rings. The number of aromatic nitrogens is 3. The highest BCUT2D eigenvalue weighted by Gasteiger charge is 2.25. The minimum Gasteiger partial charge on any atom is -0.496 e. The van der Waals surface area contributed by atoms with Crippen LogP contribution in [0.15, 0.2) is 24.3 Å². The summed E-state index contributed by atoms with van der Waals surface area (Å²) in [4.78, 5) is 6.73. The van der Waals surface area contributed by atoms with E-state index in [-0.39, 0.29) is 6.04 Å². The first-order valence-corrected chi connectivity index (χ1v) is 7.25. The van der Waals surface area contributed by atoms with Crippen LogP contribution in [0.2, 0.25) is 0 Å². The van der Waals surface area contributed by atoms with Crippen LogP contribution in [0.1, 0.15) is 13.3 Å². The Morgan fingerprint density at radius 1 is 1.38 bits per heavy atom. The van der Waals surface area contributed by atoms with E-state index in [2.05, 4.69) is 27.0 Å². The summed E-state index contributed by atoms with van der Waals surface area (Å²) in [5.74, 6) is 2.76. The highest BCUT2D eigenvalue weighted by atomic mass is 16.5. The van der Waals surface area contributed by atoms with Gasteiger partial charge in [0.15, 0.2) is 5.82 Å². The molecule has 3 rings (SSSR count). The lowest BCUT2D eigenvalue weighted by Gasteiger charge is -2.34. The van der Waals surface area contributed by atoms with Gasteiger partial charge in [0.1, 0.15) is 5.75 Å². The summed E-state index contributed by atoms with van der Waals surface area (Å²) in [5.41, 5.74) is 7.05. The summed E-state index contributed by atoms with van der Waals surface area (Å²) in [6.45, 7) is 3.93. The van der Waals surface area contributed by atoms with E-state index in [1.165, 1.54) is 0 Å². The molecule has 2 heterocycles. The molecule has 1 aromatic carbocycles. The lowest BCUT2D eigenvalue weighted by atomic mass is 9.95. The van der Waals surface area contributed by atoms with Crippen molar-refractivity contribution in [3.05, 3.63) is 24.3 Å². The Morgan fingerprint density at radius 3 is 2.95 bits per heavy atom. The van der Waals surface area contributed by atoms with Gasteiger partial charge in [-0.05, 0) is 24.5 Å². The molecule has 2 unspecified atom stereocenters. The molecule has 0 spiro atoms. The van der Waals surface area contributed by atoms with Gasteiger partial charge in [-0.1, -0.05) is 19.1 Å². The zero-order valence-corrected chi connectivity index (χ0v) is 12.4. The Morgan fingerprint density at radius 2 is 2.19 bits per heavy atom. The zero-order valence-electron chi connectivity index (χ0n) is 12.4. The monoisotopic (exact) mass is 287 g/mol. The van der Waals surface area contributed by atoms with Crippen LogP contribution in [-0.2, 0) is 0 Å². The third-order valence-electron chi connectivity index (χ3n) is 4.14. The van der Waals surface area contributed by atoms with Gasteiger partial charge in [0.25, 0.3) is 0 Å². The lowest BCUT2D eigenvalue weighted by Crippen LogP contribution is -2.48. The second kappa shape index (κ2) is 5.73. The maximum Gasteiger partial charge on any atom is 0.245 e. The summed E-state index contributed by atoms with van der Waals surface area (Å²) < 4.78 is 5.36. The predicted molar refractivity (Wildman–Crippen MR) is 82.3 cm³/mol. The van der Waals surface area contributed by atoms with Crippen LogP contribution in [0.4, 0.5) is 5.95 Å². The molecule has 112 valence electrons. The molecule has 1 aliphatic heterocycles. The summed E-state index contributed by atoms with van der Waals surface area (Å²) in [6, 6.07) is 7.94. The van der Waals surface area contributed by atoms with Gasteiger partial charge in [-0.15, -0.1) is 5.10 Å². The third kappa shape index (κ3) is 2.71. The van der Waals surface area contributed by atoms with Crippen LogP contribution in [0, 0.1) is 5.92 Å². The van der Waals surface area contributed by atoms with Crippen LogP contribution in [0.5, 0.6) is 5.75 Å². The van der Waals surface area contributed by atoms with E-state index in [0.29, 0.717) is 11.9 Å². The number of para-hydroxylation sites is 1. The van der Waals surface area contributed by atoms with Crippen molar-refractivity contribution in [3.63, 3.8) is 0 Å². The minimum absolute atomic E-state index is 0.173. The van der Waals surface area contributed by atoms with Gasteiger partial charge in [-0.2, -0.15) is 4.98 Å². The van der Waals surface area contributed by atoms with E-state index in [1.807, 2.05) is 24.3 Å². The Kier molecular flexibility index (Phi) is 3.79. The standard InChI is InChI=1S/C15H21N5O/c1-10-7-8-20(9-12(10)16)15-17-14(18-19-15)11-5-3-4-6-13(11)21-2/h3-6,10,12H,7-9,16H2,1-2H3,(H,17,18,19). The number of anilines is 1. The number of nitrogens with zero attached hydrogens (tertiary/aromatic N) is 3. The average molecular weight is 287 g/mol. The molecule has 0 bridgehead atoms. The van der Waals surface area contributed by atoms with Crippen LogP contribution in [0.25, 0.3) is 11.4 Å². The van der Waals surface area contributed by atoms with Crippen LogP contribution in [-0.4, -0.2) is 41.4 Å². The van der Waals surface area contributed by atoms with Crippen molar-refractivity contribution in [2.75, 3.05) is 25.1 Å². The molecule has 6 nitrogen and oxygen atoms in total. The molecule has 6 heteroatoms. The van der Waals surface area contributed by atoms with E-state index >= 15 is 0 Å². The van der Waals surface area contributed by atoms with Gasteiger partial charge in [-0.3, -0.25) is 5.10 Å². The molecular weight excluding hydrogens is 266 g/mol. The van der Waals surface area contributed by atoms with E-state index in [4.69, 9.17) is 10.5 Å². The molecule has 2 atom stereocenters. The Bertz CT molecular complexity index is 612. The number of nitrogens with two attached hydrogens (primary N) is 1. The number of hydrogen-bond donors (Lipinski definition) is 2. The highest BCUT2D eigenvalue weighted by molar-refractivity contribution is 5.64. The Hall–Kier alpha value is -2.08. The number of benzene rings is 1. The topological polar surface area (TPSA) is 80.1 Å². The van der Waals surface area contributed by atoms with Crippen molar-refractivity contribution in [1.82, 2.24) is 15.2 Å².